The first-order valence-corrected chi connectivity index (χ1v) is 11.0. The maximum atomic E-state index is 13.4. The third kappa shape index (κ3) is 3.10. The maximum absolute atomic E-state index is 13.4. The number of methoxy groups -OCH3 is 1. The highest BCUT2D eigenvalue weighted by molar-refractivity contribution is 5.90. The van der Waals surface area contributed by atoms with Crippen LogP contribution in [0.25, 0.3) is 22.3 Å². The van der Waals surface area contributed by atoms with E-state index in [1.54, 1.807) is 30.7 Å². The topological polar surface area (TPSA) is 146 Å². The van der Waals surface area contributed by atoms with Crippen LogP contribution in [0.5, 0.6) is 5.75 Å². The van der Waals surface area contributed by atoms with Crippen molar-refractivity contribution in [3.05, 3.63) is 56.9 Å². The second kappa shape index (κ2) is 7.93. The molecule has 1 amide bonds. The molecule has 4 N–H and O–H groups in total. The molecule has 0 radical (unpaired) electrons. The molecule has 1 atom stereocenters. The smallest absolute Gasteiger partial charge is 0.343 e. The van der Waals surface area contributed by atoms with Gasteiger partial charge in [0.1, 0.15) is 12.4 Å². The number of carbonyl (C=O) groups excluding carboxylic acids is 2. The highest BCUT2D eigenvalue weighted by Gasteiger charge is 2.45. The molecular weight excluding hydrogens is 440 g/mol. The normalized spacial score (nSPS) is 18.2. The summed E-state index contributed by atoms with van der Waals surface area (Å²) in [5.74, 6) is -0.449. The first kappa shape index (κ1) is 22.1. The van der Waals surface area contributed by atoms with Crippen LogP contribution < -0.4 is 21.3 Å². The third-order valence-corrected chi connectivity index (χ3v) is 6.66. The molecule has 1 aromatic carbocycles. The summed E-state index contributed by atoms with van der Waals surface area (Å²) < 4.78 is 12.1. The summed E-state index contributed by atoms with van der Waals surface area (Å²) in [5, 5.41) is 14.6. The minimum absolute atomic E-state index is 0.0654. The molecule has 0 unspecified atom stereocenters. The highest BCUT2D eigenvalue weighted by atomic mass is 16.6. The van der Waals surface area contributed by atoms with Crippen LogP contribution in [0.1, 0.15) is 35.6 Å². The molecule has 10 nitrogen and oxygen atoms in total. The van der Waals surface area contributed by atoms with Gasteiger partial charge in [-0.2, -0.15) is 0 Å². The number of pyridine rings is 2. The predicted octanol–water partition coefficient (Wildman–Crippen LogP) is 0.663. The Bertz CT molecular complexity index is 1430. The number of nitrogens with zero attached hydrogens (tertiary/aromatic N) is 2. The van der Waals surface area contributed by atoms with Gasteiger partial charge in [-0.15, -0.1) is 0 Å². The molecule has 3 aromatic rings. The third-order valence-electron chi connectivity index (χ3n) is 6.66. The number of fused-ring (bicyclic) bond motifs is 5. The Morgan fingerprint density at radius 3 is 2.82 bits per heavy atom. The highest BCUT2D eigenvalue weighted by Crippen LogP contribution is 2.40. The first-order valence-electron chi connectivity index (χ1n) is 11.0. The van der Waals surface area contributed by atoms with Gasteiger partial charge in [0, 0.05) is 23.1 Å². The summed E-state index contributed by atoms with van der Waals surface area (Å²) in [6.45, 7) is 1.73. The van der Waals surface area contributed by atoms with Crippen LogP contribution in [-0.4, -0.2) is 40.2 Å². The number of nitrogens with one attached hydrogen (secondary N) is 1. The van der Waals surface area contributed by atoms with E-state index in [0.29, 0.717) is 22.7 Å². The summed E-state index contributed by atoms with van der Waals surface area (Å²) in [6, 6.07) is 7.09. The lowest BCUT2D eigenvalue weighted by molar-refractivity contribution is -0.172. The summed E-state index contributed by atoms with van der Waals surface area (Å²) in [4.78, 5) is 42.5. The summed E-state index contributed by atoms with van der Waals surface area (Å²) in [5.41, 5.74) is 7.01. The van der Waals surface area contributed by atoms with E-state index in [4.69, 9.17) is 20.2 Å². The Labute approximate surface area is 194 Å². The minimum Gasteiger partial charge on any atom is -0.497 e. The standard InChI is InChI=1S/C24H24N4O6/c1-3-24(32)17-7-19-21-15(10-28(19)22(30)16(17)11-34-23(24)31)14(9-26-20(29)8-25)13-6-12(33-2)4-5-18(13)27-21/h4-7,32H,3,8-11,25H2,1-2H3,(H,26,29)/t24-/m0/s1. The quantitative estimate of drug-likeness (QED) is 0.365. The number of hydrogen-bond donors (Lipinski definition) is 3. The second-order valence-electron chi connectivity index (χ2n) is 8.38. The van der Waals surface area contributed by atoms with Gasteiger partial charge in [0.15, 0.2) is 5.60 Å². The number of cyclic esters (lactones) is 1. The molecule has 2 aromatic heterocycles. The van der Waals surface area contributed by atoms with Gasteiger partial charge in [-0.3, -0.25) is 9.59 Å². The van der Waals surface area contributed by atoms with Gasteiger partial charge in [0.05, 0.1) is 42.7 Å². The van der Waals surface area contributed by atoms with Gasteiger partial charge >= 0.3 is 5.97 Å². The van der Waals surface area contributed by atoms with Gasteiger partial charge in [-0.05, 0) is 36.2 Å². The lowest BCUT2D eigenvalue weighted by Crippen LogP contribution is -2.44. The average Bonchev–Trinajstić information content (AvgIpc) is 3.22. The van der Waals surface area contributed by atoms with Crippen LogP contribution in [0, 0.1) is 0 Å². The van der Waals surface area contributed by atoms with Crippen molar-refractivity contribution >= 4 is 22.8 Å². The number of carbonyl (C=O) groups is 2. The number of aliphatic hydroxyl groups is 1. The van der Waals surface area contributed by atoms with Crippen molar-refractivity contribution in [1.82, 2.24) is 14.9 Å². The fourth-order valence-corrected chi connectivity index (χ4v) is 4.73. The largest absolute Gasteiger partial charge is 0.497 e. The van der Waals surface area contributed by atoms with E-state index in [1.807, 2.05) is 12.1 Å². The van der Waals surface area contributed by atoms with E-state index in [-0.39, 0.29) is 55.3 Å². The molecule has 4 heterocycles. The Kier molecular flexibility index (Phi) is 5.14. The molecule has 0 saturated heterocycles. The number of nitrogens with two attached hydrogens (primary N) is 1. The van der Waals surface area contributed by atoms with Gasteiger partial charge < -0.3 is 30.2 Å². The van der Waals surface area contributed by atoms with E-state index in [9.17, 15) is 19.5 Å². The Hall–Kier alpha value is -3.76. The average molecular weight is 464 g/mol. The molecule has 0 saturated carbocycles. The monoisotopic (exact) mass is 464 g/mol. The van der Waals surface area contributed by atoms with Crippen molar-refractivity contribution in [1.29, 1.82) is 0 Å². The van der Waals surface area contributed by atoms with Gasteiger partial charge in [-0.1, -0.05) is 6.92 Å². The molecule has 0 spiro atoms. The van der Waals surface area contributed by atoms with Crippen LogP contribution >= 0.6 is 0 Å². The maximum Gasteiger partial charge on any atom is 0.343 e. The molecule has 2 aliphatic rings. The summed E-state index contributed by atoms with van der Waals surface area (Å²) >= 11 is 0. The lowest BCUT2D eigenvalue weighted by atomic mass is 9.86. The van der Waals surface area contributed by atoms with Gasteiger partial charge in [0.2, 0.25) is 5.91 Å². The summed E-state index contributed by atoms with van der Waals surface area (Å²) in [7, 11) is 1.57. The number of amides is 1. The van der Waals surface area contributed by atoms with Crippen molar-refractivity contribution < 1.29 is 24.2 Å². The molecule has 0 fully saturated rings. The fourth-order valence-electron chi connectivity index (χ4n) is 4.73. The van der Waals surface area contributed by atoms with Gasteiger partial charge in [0.25, 0.3) is 5.56 Å². The van der Waals surface area contributed by atoms with Gasteiger partial charge in [-0.25, -0.2) is 9.78 Å². The number of benzene rings is 1. The number of ether oxygens (including phenoxy) is 2. The molecule has 0 bridgehead atoms. The van der Waals surface area contributed by atoms with Crippen molar-refractivity contribution in [3.63, 3.8) is 0 Å². The van der Waals surface area contributed by atoms with Crippen molar-refractivity contribution in [3.8, 4) is 17.1 Å². The molecule has 0 aliphatic carbocycles. The second-order valence-corrected chi connectivity index (χ2v) is 8.38. The molecule has 176 valence electrons. The van der Waals surface area contributed by atoms with Crippen molar-refractivity contribution in [2.24, 2.45) is 5.73 Å². The summed E-state index contributed by atoms with van der Waals surface area (Å²) in [6.07, 6.45) is 0.0654. The van der Waals surface area contributed by atoms with Crippen molar-refractivity contribution in [2.45, 2.75) is 38.6 Å². The van der Waals surface area contributed by atoms with E-state index in [1.165, 1.54) is 0 Å². The van der Waals surface area contributed by atoms with Crippen molar-refractivity contribution in [2.75, 3.05) is 13.7 Å². The SMILES string of the molecule is CC[C@@]1(O)C(=O)OCc2c1cc1n(c2=O)Cc2c-1nc1ccc(OC)cc1c2CNC(=O)CN. The fraction of sp³-hybridized carbons (Fsp3) is 0.333. The molecular formula is C24H24N4O6. The van der Waals surface area contributed by atoms with E-state index in [2.05, 4.69) is 5.32 Å². The zero-order valence-electron chi connectivity index (χ0n) is 18.8. The Morgan fingerprint density at radius 2 is 2.12 bits per heavy atom. The van der Waals surface area contributed by atoms with E-state index < -0.39 is 11.6 Å². The minimum atomic E-state index is -1.90. The van der Waals surface area contributed by atoms with Crippen LogP contribution in [0.15, 0.2) is 29.1 Å². The number of hydrogen-bond acceptors (Lipinski definition) is 8. The van der Waals surface area contributed by atoms with Crippen LogP contribution in [0.2, 0.25) is 0 Å². The lowest BCUT2D eigenvalue weighted by Gasteiger charge is -2.31. The molecule has 2 aliphatic heterocycles. The Morgan fingerprint density at radius 1 is 1.32 bits per heavy atom. The van der Waals surface area contributed by atoms with Crippen LogP contribution in [0.3, 0.4) is 0 Å². The number of esters is 1. The van der Waals surface area contributed by atoms with Crippen LogP contribution in [-0.2, 0) is 39.6 Å². The number of rotatable bonds is 5. The number of aromatic nitrogens is 2. The molecule has 34 heavy (non-hydrogen) atoms. The van der Waals surface area contributed by atoms with E-state index in [0.717, 1.165) is 16.5 Å². The van der Waals surface area contributed by atoms with E-state index >= 15 is 0 Å². The molecule has 10 heteroatoms. The zero-order chi connectivity index (χ0) is 24.2. The zero-order valence-corrected chi connectivity index (χ0v) is 18.8. The first-order chi connectivity index (χ1) is 16.3. The van der Waals surface area contributed by atoms with Crippen LogP contribution in [0.4, 0.5) is 0 Å². The molecule has 5 rings (SSSR count). The predicted molar refractivity (Wildman–Crippen MR) is 122 cm³/mol. The Balaban J connectivity index is 1.76.